The number of carbonyl (C=O) groups excluding carboxylic acids is 1. The molecule has 6 heteroatoms. The molecule has 0 aliphatic carbocycles. The minimum atomic E-state index is -0.988. The largest absolute Gasteiger partial charge is 0.342 e. The number of carbonyl (C=O) groups is 1. The molecule has 0 heterocycles. The summed E-state index contributed by atoms with van der Waals surface area (Å²) >= 11 is 0. The molecule has 0 aromatic heterocycles. The van der Waals surface area contributed by atoms with Gasteiger partial charge in [-0.25, -0.2) is 0 Å². The van der Waals surface area contributed by atoms with E-state index in [1.165, 1.54) is 11.0 Å². The summed E-state index contributed by atoms with van der Waals surface area (Å²) in [5, 5.41) is 10.5. The first-order valence-electron chi connectivity index (χ1n) is 6.16. The molecule has 0 atom stereocenters. The van der Waals surface area contributed by atoms with Crippen LogP contribution in [-0.2, 0) is 0 Å². The molecule has 0 fully saturated rings. The van der Waals surface area contributed by atoms with Crippen LogP contribution in [0.2, 0.25) is 0 Å². The molecule has 1 amide bonds. The predicted octanol–water partition coefficient (Wildman–Crippen LogP) is 3.00. The van der Waals surface area contributed by atoms with Gasteiger partial charge in [-0.1, -0.05) is 19.8 Å². The molecule has 19 heavy (non-hydrogen) atoms. The summed E-state index contributed by atoms with van der Waals surface area (Å²) in [6.07, 6.45) is 2.95. The minimum absolute atomic E-state index is 0.127. The Morgan fingerprint density at radius 2 is 2.11 bits per heavy atom. The van der Waals surface area contributed by atoms with Gasteiger partial charge in [-0.05, 0) is 18.6 Å². The van der Waals surface area contributed by atoms with E-state index in [1.807, 2.05) is 0 Å². The van der Waals surface area contributed by atoms with Gasteiger partial charge in [-0.3, -0.25) is 14.9 Å². The number of nitro groups is 1. The van der Waals surface area contributed by atoms with Gasteiger partial charge in [0.05, 0.1) is 4.92 Å². The molecule has 0 unspecified atom stereocenters. The Kier molecular flexibility index (Phi) is 5.41. The molecule has 0 aliphatic rings. The van der Waals surface area contributed by atoms with E-state index in [4.69, 9.17) is 0 Å². The fraction of sp³-hybridized carbons (Fsp3) is 0.462. The lowest BCUT2D eigenvalue weighted by Crippen LogP contribution is -2.27. The monoisotopic (exact) mass is 268 g/mol. The Bertz CT molecular complexity index is 477. The van der Waals surface area contributed by atoms with Crippen LogP contribution in [0.25, 0.3) is 0 Å². The molecule has 0 radical (unpaired) electrons. The zero-order valence-corrected chi connectivity index (χ0v) is 11.1. The van der Waals surface area contributed by atoms with Gasteiger partial charge in [0.2, 0.25) is 5.82 Å². The lowest BCUT2D eigenvalue weighted by molar-refractivity contribution is -0.387. The van der Waals surface area contributed by atoms with Crippen LogP contribution in [0.3, 0.4) is 0 Å². The first-order valence-corrected chi connectivity index (χ1v) is 6.16. The van der Waals surface area contributed by atoms with Gasteiger partial charge < -0.3 is 4.90 Å². The first-order chi connectivity index (χ1) is 8.97. The van der Waals surface area contributed by atoms with Gasteiger partial charge in [-0.15, -0.1) is 0 Å². The maximum absolute atomic E-state index is 13.4. The van der Waals surface area contributed by atoms with Gasteiger partial charge in [0.15, 0.2) is 0 Å². The number of unbranched alkanes of at least 4 members (excludes halogenated alkanes) is 2. The summed E-state index contributed by atoms with van der Waals surface area (Å²) in [6, 6.07) is 3.21. The molecule has 5 nitrogen and oxygen atoms in total. The Morgan fingerprint density at radius 3 is 2.63 bits per heavy atom. The van der Waals surface area contributed by atoms with E-state index in [9.17, 15) is 19.3 Å². The third-order valence-corrected chi connectivity index (χ3v) is 2.84. The van der Waals surface area contributed by atoms with Crippen molar-refractivity contribution >= 4 is 11.6 Å². The second-order valence-corrected chi connectivity index (χ2v) is 4.36. The van der Waals surface area contributed by atoms with E-state index in [0.29, 0.717) is 6.54 Å². The van der Waals surface area contributed by atoms with Crippen LogP contribution in [0.4, 0.5) is 10.1 Å². The molecular weight excluding hydrogens is 251 g/mol. The fourth-order valence-corrected chi connectivity index (χ4v) is 1.71. The van der Waals surface area contributed by atoms with Gasteiger partial charge >= 0.3 is 5.69 Å². The molecule has 1 aromatic carbocycles. The smallest absolute Gasteiger partial charge is 0.304 e. The predicted molar refractivity (Wildman–Crippen MR) is 69.5 cm³/mol. The van der Waals surface area contributed by atoms with Crippen LogP contribution in [0.5, 0.6) is 0 Å². The van der Waals surface area contributed by atoms with E-state index in [-0.39, 0.29) is 11.5 Å². The van der Waals surface area contributed by atoms with Crippen LogP contribution < -0.4 is 0 Å². The number of halogens is 1. The summed E-state index contributed by atoms with van der Waals surface area (Å²) in [5.41, 5.74) is -0.493. The van der Waals surface area contributed by atoms with Gasteiger partial charge in [0, 0.05) is 25.2 Å². The molecule has 0 bridgehead atoms. The SMILES string of the molecule is CCCCCN(C)C(=O)c1ccc([N+](=O)[O-])c(F)c1. The van der Waals surface area contributed by atoms with Crippen LogP contribution in [0.15, 0.2) is 18.2 Å². The third kappa shape index (κ3) is 4.01. The first kappa shape index (κ1) is 15.1. The highest BCUT2D eigenvalue weighted by Crippen LogP contribution is 2.18. The van der Waals surface area contributed by atoms with Crippen LogP contribution in [0.1, 0.15) is 36.5 Å². The zero-order chi connectivity index (χ0) is 14.4. The lowest BCUT2D eigenvalue weighted by atomic mass is 10.1. The summed E-state index contributed by atoms with van der Waals surface area (Å²) in [6.45, 7) is 2.65. The zero-order valence-electron chi connectivity index (χ0n) is 11.1. The van der Waals surface area contributed by atoms with Crippen molar-refractivity contribution in [3.8, 4) is 0 Å². The van der Waals surface area contributed by atoms with Crippen molar-refractivity contribution in [2.24, 2.45) is 0 Å². The Labute approximate surface area is 111 Å². The Balaban J connectivity index is 2.77. The highest BCUT2D eigenvalue weighted by Gasteiger charge is 2.18. The number of amides is 1. The van der Waals surface area contributed by atoms with E-state index < -0.39 is 16.4 Å². The summed E-state index contributed by atoms with van der Waals surface area (Å²) in [5.74, 6) is -1.32. The molecule has 0 saturated carbocycles. The van der Waals surface area contributed by atoms with Gasteiger partial charge in [-0.2, -0.15) is 4.39 Å². The summed E-state index contributed by atoms with van der Waals surface area (Å²) in [4.78, 5) is 23.1. The average Bonchev–Trinajstić information content (AvgIpc) is 2.37. The van der Waals surface area contributed by atoms with Crippen LogP contribution in [-0.4, -0.2) is 29.3 Å². The maximum Gasteiger partial charge on any atom is 0.304 e. The summed E-state index contributed by atoms with van der Waals surface area (Å²) < 4.78 is 13.4. The molecule has 1 aromatic rings. The molecule has 0 aliphatic heterocycles. The quantitative estimate of drug-likeness (QED) is 0.452. The number of nitrogens with zero attached hydrogens (tertiary/aromatic N) is 2. The highest BCUT2D eigenvalue weighted by molar-refractivity contribution is 5.94. The second kappa shape index (κ2) is 6.82. The van der Waals surface area contributed by atoms with Crippen LogP contribution in [0, 0.1) is 15.9 Å². The standard InChI is InChI=1S/C13H17FN2O3/c1-3-4-5-8-15(2)13(17)10-6-7-12(16(18)19)11(14)9-10/h6-7,9H,3-5,8H2,1-2H3. The van der Waals surface area contributed by atoms with Crippen molar-refractivity contribution in [1.29, 1.82) is 0 Å². The molecule has 104 valence electrons. The van der Waals surface area contributed by atoms with E-state index in [1.54, 1.807) is 7.05 Å². The van der Waals surface area contributed by atoms with Gasteiger partial charge in [0.1, 0.15) is 0 Å². The molecule has 0 N–H and O–H groups in total. The van der Waals surface area contributed by atoms with Crippen molar-refractivity contribution in [3.05, 3.63) is 39.7 Å². The second-order valence-electron chi connectivity index (χ2n) is 4.36. The Hall–Kier alpha value is -1.98. The number of nitro benzene ring substituents is 1. The van der Waals surface area contributed by atoms with Gasteiger partial charge in [0.25, 0.3) is 5.91 Å². The van der Waals surface area contributed by atoms with Crippen molar-refractivity contribution in [3.63, 3.8) is 0 Å². The third-order valence-electron chi connectivity index (χ3n) is 2.84. The fourth-order valence-electron chi connectivity index (χ4n) is 1.71. The van der Waals surface area contributed by atoms with Crippen molar-refractivity contribution in [2.75, 3.05) is 13.6 Å². The maximum atomic E-state index is 13.4. The number of hydrogen-bond acceptors (Lipinski definition) is 3. The topological polar surface area (TPSA) is 63.5 Å². The molecule has 1 rings (SSSR count). The number of benzene rings is 1. The average molecular weight is 268 g/mol. The number of hydrogen-bond donors (Lipinski definition) is 0. The normalized spacial score (nSPS) is 10.3. The minimum Gasteiger partial charge on any atom is -0.342 e. The van der Waals surface area contributed by atoms with Crippen molar-refractivity contribution < 1.29 is 14.1 Å². The number of rotatable bonds is 6. The van der Waals surface area contributed by atoms with E-state index in [0.717, 1.165) is 31.4 Å². The highest BCUT2D eigenvalue weighted by atomic mass is 19.1. The van der Waals surface area contributed by atoms with Crippen molar-refractivity contribution in [2.45, 2.75) is 26.2 Å². The summed E-state index contributed by atoms with van der Waals surface area (Å²) in [7, 11) is 1.64. The van der Waals surface area contributed by atoms with E-state index in [2.05, 4.69) is 6.92 Å². The Morgan fingerprint density at radius 1 is 1.42 bits per heavy atom. The lowest BCUT2D eigenvalue weighted by Gasteiger charge is -2.16. The van der Waals surface area contributed by atoms with E-state index >= 15 is 0 Å². The molecular formula is C13H17FN2O3. The van der Waals surface area contributed by atoms with Crippen molar-refractivity contribution in [1.82, 2.24) is 4.90 Å². The van der Waals surface area contributed by atoms with Crippen LogP contribution >= 0.6 is 0 Å². The molecule has 0 saturated heterocycles. The molecule has 0 spiro atoms.